The van der Waals surface area contributed by atoms with E-state index in [-0.39, 0.29) is 19.0 Å². The molecule has 0 saturated heterocycles. The molecular weight excluding hydrogens is 388 g/mol. The normalized spacial score (nSPS) is 12.0. The first kappa shape index (κ1) is 22.1. The molecule has 28 heavy (non-hydrogen) atoms. The summed E-state index contributed by atoms with van der Waals surface area (Å²) in [6, 6.07) is 10.4. The van der Waals surface area contributed by atoms with Crippen LogP contribution in [0.3, 0.4) is 0 Å². The van der Waals surface area contributed by atoms with Gasteiger partial charge < -0.3 is 9.47 Å². The number of rotatable bonds is 10. The lowest BCUT2D eigenvalue weighted by atomic mass is 10.0. The average molecular weight is 413 g/mol. The molecule has 0 fully saturated rings. The van der Waals surface area contributed by atoms with Crippen molar-refractivity contribution in [2.75, 3.05) is 19.8 Å². The SMILES string of the molecule is CCCNS(=O)(=O)C(C)(C)c1ccc(OCCOc2cccc(F)c2F)cc1. The second-order valence-corrected chi connectivity index (χ2v) is 9.00. The summed E-state index contributed by atoms with van der Waals surface area (Å²) in [4.78, 5) is 0. The molecule has 2 rings (SSSR count). The Hall–Kier alpha value is -2.19. The molecule has 0 aliphatic carbocycles. The number of nitrogens with one attached hydrogen (secondary N) is 1. The van der Waals surface area contributed by atoms with Gasteiger partial charge in [-0.2, -0.15) is 4.39 Å². The molecule has 1 N–H and O–H groups in total. The van der Waals surface area contributed by atoms with Crippen LogP contribution in [0.5, 0.6) is 11.5 Å². The second-order valence-electron chi connectivity index (χ2n) is 6.68. The average Bonchev–Trinajstić information content (AvgIpc) is 2.67. The van der Waals surface area contributed by atoms with Crippen molar-refractivity contribution in [3.63, 3.8) is 0 Å². The Balaban J connectivity index is 1.93. The number of halogens is 2. The summed E-state index contributed by atoms with van der Waals surface area (Å²) < 4.78 is 63.7. The molecule has 0 aromatic heterocycles. The summed E-state index contributed by atoms with van der Waals surface area (Å²) in [6.07, 6.45) is 0.712. The van der Waals surface area contributed by atoms with Gasteiger partial charge >= 0.3 is 0 Å². The van der Waals surface area contributed by atoms with Crippen LogP contribution in [0.4, 0.5) is 8.78 Å². The third kappa shape index (κ3) is 5.20. The van der Waals surface area contributed by atoms with Crippen molar-refractivity contribution in [1.29, 1.82) is 0 Å². The van der Waals surface area contributed by atoms with Gasteiger partial charge in [-0.05, 0) is 50.1 Å². The minimum absolute atomic E-state index is 0.0307. The highest BCUT2D eigenvalue weighted by molar-refractivity contribution is 7.90. The quantitative estimate of drug-likeness (QED) is 0.599. The van der Waals surface area contributed by atoms with Crippen LogP contribution < -0.4 is 14.2 Å². The minimum Gasteiger partial charge on any atom is -0.490 e. The minimum atomic E-state index is -3.52. The largest absolute Gasteiger partial charge is 0.490 e. The zero-order chi connectivity index (χ0) is 20.8. The highest BCUT2D eigenvalue weighted by Crippen LogP contribution is 2.30. The van der Waals surface area contributed by atoms with Crippen molar-refractivity contribution in [2.24, 2.45) is 0 Å². The summed E-state index contributed by atoms with van der Waals surface area (Å²) in [6.45, 7) is 5.72. The lowest BCUT2D eigenvalue weighted by Crippen LogP contribution is -2.39. The third-order valence-corrected chi connectivity index (χ3v) is 6.45. The number of hydrogen-bond acceptors (Lipinski definition) is 4. The predicted octanol–water partition coefficient (Wildman–Crippen LogP) is 3.99. The van der Waals surface area contributed by atoms with Gasteiger partial charge in [-0.15, -0.1) is 0 Å². The van der Waals surface area contributed by atoms with E-state index in [9.17, 15) is 17.2 Å². The molecular formula is C20H25F2NO4S. The van der Waals surface area contributed by atoms with Crippen LogP contribution >= 0.6 is 0 Å². The van der Waals surface area contributed by atoms with Crippen molar-refractivity contribution in [2.45, 2.75) is 31.9 Å². The fourth-order valence-electron chi connectivity index (χ4n) is 2.43. The Morgan fingerprint density at radius 1 is 1.00 bits per heavy atom. The molecule has 2 aromatic carbocycles. The van der Waals surface area contributed by atoms with Gasteiger partial charge in [-0.3, -0.25) is 0 Å². The van der Waals surface area contributed by atoms with E-state index in [0.717, 1.165) is 6.07 Å². The maximum absolute atomic E-state index is 13.5. The Morgan fingerprint density at radius 3 is 2.29 bits per heavy atom. The summed E-state index contributed by atoms with van der Waals surface area (Å²) in [5, 5.41) is 0. The van der Waals surface area contributed by atoms with Crippen LogP contribution in [0, 0.1) is 11.6 Å². The molecule has 0 aliphatic rings. The van der Waals surface area contributed by atoms with E-state index in [4.69, 9.17) is 9.47 Å². The fourth-order valence-corrected chi connectivity index (χ4v) is 3.71. The molecule has 154 valence electrons. The van der Waals surface area contributed by atoms with Crippen LogP contribution in [0.1, 0.15) is 32.8 Å². The van der Waals surface area contributed by atoms with Gasteiger partial charge in [0.25, 0.3) is 0 Å². The van der Waals surface area contributed by atoms with Gasteiger partial charge in [0.15, 0.2) is 11.6 Å². The molecule has 0 radical (unpaired) electrons. The Labute approximate surface area is 164 Å². The molecule has 0 amide bonds. The van der Waals surface area contributed by atoms with Gasteiger partial charge in [-0.1, -0.05) is 25.1 Å². The number of benzene rings is 2. The monoisotopic (exact) mass is 413 g/mol. The van der Waals surface area contributed by atoms with Gasteiger partial charge in [-0.25, -0.2) is 17.5 Å². The molecule has 0 heterocycles. The Bertz CT molecular complexity index is 884. The van der Waals surface area contributed by atoms with E-state index in [1.54, 1.807) is 38.1 Å². The molecule has 0 aliphatic heterocycles. The lowest BCUT2D eigenvalue weighted by molar-refractivity contribution is 0.210. The predicted molar refractivity (Wildman–Crippen MR) is 104 cm³/mol. The molecule has 0 unspecified atom stereocenters. The first-order valence-corrected chi connectivity index (χ1v) is 10.5. The van der Waals surface area contributed by atoms with Crippen LogP contribution in [0.15, 0.2) is 42.5 Å². The summed E-state index contributed by atoms with van der Waals surface area (Å²) >= 11 is 0. The van der Waals surface area contributed by atoms with E-state index < -0.39 is 26.4 Å². The van der Waals surface area contributed by atoms with Gasteiger partial charge in [0.1, 0.15) is 23.7 Å². The zero-order valence-corrected chi connectivity index (χ0v) is 17.0. The topological polar surface area (TPSA) is 64.6 Å². The maximum Gasteiger partial charge on any atom is 0.221 e. The molecule has 0 bridgehead atoms. The Kier molecular flexibility index (Phi) is 7.37. The van der Waals surface area contributed by atoms with Gasteiger partial charge in [0.2, 0.25) is 15.8 Å². The summed E-state index contributed by atoms with van der Waals surface area (Å²) in [5.74, 6) is -1.67. The highest BCUT2D eigenvalue weighted by atomic mass is 32.2. The van der Waals surface area contributed by atoms with E-state index in [1.807, 2.05) is 6.92 Å². The van der Waals surface area contributed by atoms with Crippen LogP contribution in [0.2, 0.25) is 0 Å². The maximum atomic E-state index is 13.5. The molecule has 0 spiro atoms. The molecule has 8 heteroatoms. The highest BCUT2D eigenvalue weighted by Gasteiger charge is 2.35. The first-order valence-electron chi connectivity index (χ1n) is 8.98. The van der Waals surface area contributed by atoms with E-state index in [1.165, 1.54) is 12.1 Å². The summed E-state index contributed by atoms with van der Waals surface area (Å²) in [5.41, 5.74) is 0.626. The zero-order valence-electron chi connectivity index (χ0n) is 16.2. The van der Waals surface area contributed by atoms with Crippen LogP contribution in [0.25, 0.3) is 0 Å². The van der Waals surface area contributed by atoms with E-state index in [2.05, 4.69) is 4.72 Å². The van der Waals surface area contributed by atoms with Gasteiger partial charge in [0, 0.05) is 6.54 Å². The summed E-state index contributed by atoms with van der Waals surface area (Å²) in [7, 11) is -3.52. The third-order valence-electron chi connectivity index (χ3n) is 4.29. The number of sulfonamides is 1. The van der Waals surface area contributed by atoms with Crippen molar-refractivity contribution in [1.82, 2.24) is 4.72 Å². The van der Waals surface area contributed by atoms with Crippen molar-refractivity contribution in [3.05, 3.63) is 59.7 Å². The standard InChI is InChI=1S/C20H25F2NO4S/c1-4-12-23-28(24,25)20(2,3)15-8-10-16(11-9-15)26-13-14-27-18-7-5-6-17(21)19(18)22/h5-11,23H,4,12-14H2,1-3H3. The first-order chi connectivity index (χ1) is 13.2. The molecule has 0 atom stereocenters. The van der Waals surface area contributed by atoms with Crippen LogP contribution in [-0.2, 0) is 14.8 Å². The van der Waals surface area contributed by atoms with E-state index in [0.29, 0.717) is 24.3 Å². The smallest absolute Gasteiger partial charge is 0.221 e. The van der Waals surface area contributed by atoms with Gasteiger partial charge in [0.05, 0.1) is 0 Å². The van der Waals surface area contributed by atoms with Crippen molar-refractivity contribution < 1.29 is 26.7 Å². The van der Waals surface area contributed by atoms with Crippen LogP contribution in [-0.4, -0.2) is 28.2 Å². The molecule has 2 aromatic rings. The Morgan fingerprint density at radius 2 is 1.64 bits per heavy atom. The molecule has 0 saturated carbocycles. The molecule has 5 nitrogen and oxygen atoms in total. The number of ether oxygens (including phenoxy) is 2. The van der Waals surface area contributed by atoms with Crippen molar-refractivity contribution in [3.8, 4) is 11.5 Å². The van der Waals surface area contributed by atoms with Crippen molar-refractivity contribution >= 4 is 10.0 Å². The fraction of sp³-hybridized carbons (Fsp3) is 0.400. The second kappa shape index (κ2) is 9.34. The number of hydrogen-bond donors (Lipinski definition) is 1. The lowest BCUT2D eigenvalue weighted by Gasteiger charge is -2.25. The van der Waals surface area contributed by atoms with E-state index >= 15 is 0 Å².